The molecule has 2 heteroatoms. The Bertz CT molecular complexity index is 396. The molecule has 0 heterocycles. The Morgan fingerprint density at radius 2 is 1.70 bits per heavy atom. The molecule has 0 aliphatic carbocycles. The van der Waals surface area contributed by atoms with Crippen molar-refractivity contribution in [3.63, 3.8) is 0 Å². The fourth-order valence-electron chi connectivity index (χ4n) is 2.48. The molecule has 0 aromatic heterocycles. The lowest BCUT2D eigenvalue weighted by atomic mass is 10.0. The zero-order valence-electron chi connectivity index (χ0n) is 13.0. The number of rotatable bonds is 10. The first-order valence-corrected chi connectivity index (χ1v) is 8.06. The Hall–Kier alpha value is -1.49. The van der Waals surface area contributed by atoms with Crippen LogP contribution in [0.25, 0.3) is 0 Å². The van der Waals surface area contributed by atoms with Crippen LogP contribution in [-0.2, 0) is 0 Å². The van der Waals surface area contributed by atoms with Crippen LogP contribution < -0.4 is 5.32 Å². The van der Waals surface area contributed by atoms with Crippen molar-refractivity contribution in [3.05, 3.63) is 29.8 Å². The van der Waals surface area contributed by atoms with E-state index in [9.17, 15) is 0 Å². The van der Waals surface area contributed by atoms with Gasteiger partial charge in [0.25, 0.3) is 0 Å². The standard InChI is InChI=1S/C18H28N2/c1-3-5-7-11-17(12-8-6-4-2)20-18-13-9-10-16(14-18)15-19/h9-10,13-14,17,20H,3-8,11-12H2,1-2H3. The Kier molecular flexibility index (Phi) is 8.54. The molecule has 2 nitrogen and oxygen atoms in total. The van der Waals surface area contributed by atoms with Crippen LogP contribution in [0.3, 0.4) is 0 Å². The van der Waals surface area contributed by atoms with Gasteiger partial charge in [0.05, 0.1) is 11.6 Å². The maximum absolute atomic E-state index is 8.97. The summed E-state index contributed by atoms with van der Waals surface area (Å²) in [5.41, 5.74) is 1.82. The molecule has 0 saturated heterocycles. The number of hydrogen-bond donors (Lipinski definition) is 1. The van der Waals surface area contributed by atoms with Gasteiger partial charge in [0.1, 0.15) is 0 Å². The number of benzene rings is 1. The van der Waals surface area contributed by atoms with E-state index in [4.69, 9.17) is 5.26 Å². The van der Waals surface area contributed by atoms with Gasteiger partial charge in [-0.05, 0) is 31.0 Å². The van der Waals surface area contributed by atoms with Crippen LogP contribution in [0.2, 0.25) is 0 Å². The lowest BCUT2D eigenvalue weighted by molar-refractivity contribution is 0.526. The van der Waals surface area contributed by atoms with Crippen molar-refractivity contribution < 1.29 is 0 Å². The Labute approximate surface area is 124 Å². The number of anilines is 1. The van der Waals surface area contributed by atoms with Crippen LogP contribution in [0.4, 0.5) is 5.69 Å². The molecule has 110 valence electrons. The van der Waals surface area contributed by atoms with Gasteiger partial charge in [-0.1, -0.05) is 58.4 Å². The third kappa shape index (κ3) is 6.61. The minimum Gasteiger partial charge on any atom is -0.382 e. The molecular formula is C18H28N2. The van der Waals surface area contributed by atoms with Crippen molar-refractivity contribution in [2.75, 3.05) is 5.32 Å². The molecule has 1 aromatic carbocycles. The number of nitrogens with one attached hydrogen (secondary N) is 1. The molecule has 0 amide bonds. The highest BCUT2D eigenvalue weighted by Crippen LogP contribution is 2.18. The quantitative estimate of drug-likeness (QED) is 0.571. The summed E-state index contributed by atoms with van der Waals surface area (Å²) in [6.45, 7) is 4.49. The lowest BCUT2D eigenvalue weighted by Gasteiger charge is -2.20. The minimum absolute atomic E-state index is 0.544. The van der Waals surface area contributed by atoms with Crippen LogP contribution in [0, 0.1) is 11.3 Å². The molecule has 0 unspecified atom stereocenters. The number of nitriles is 1. The normalized spacial score (nSPS) is 10.5. The fraction of sp³-hybridized carbons (Fsp3) is 0.611. The monoisotopic (exact) mass is 272 g/mol. The molecule has 0 spiro atoms. The average molecular weight is 272 g/mol. The van der Waals surface area contributed by atoms with Crippen LogP contribution in [0.1, 0.15) is 70.8 Å². The number of hydrogen-bond acceptors (Lipinski definition) is 2. The van der Waals surface area contributed by atoms with E-state index in [1.807, 2.05) is 18.2 Å². The average Bonchev–Trinajstić information content (AvgIpc) is 2.47. The predicted octanol–water partition coefficient (Wildman–Crippen LogP) is 5.50. The maximum Gasteiger partial charge on any atom is 0.0992 e. The minimum atomic E-state index is 0.544. The van der Waals surface area contributed by atoms with E-state index < -0.39 is 0 Å². The fourth-order valence-corrected chi connectivity index (χ4v) is 2.48. The second-order valence-corrected chi connectivity index (χ2v) is 5.53. The largest absolute Gasteiger partial charge is 0.382 e. The van der Waals surface area contributed by atoms with Gasteiger partial charge in [0.15, 0.2) is 0 Å². The Morgan fingerprint density at radius 1 is 1.05 bits per heavy atom. The summed E-state index contributed by atoms with van der Waals surface area (Å²) in [5, 5.41) is 12.6. The Balaban J connectivity index is 2.54. The van der Waals surface area contributed by atoms with Gasteiger partial charge in [0, 0.05) is 11.7 Å². The van der Waals surface area contributed by atoms with E-state index in [0.29, 0.717) is 6.04 Å². The van der Waals surface area contributed by atoms with Crippen LogP contribution in [0.5, 0.6) is 0 Å². The van der Waals surface area contributed by atoms with Gasteiger partial charge < -0.3 is 5.32 Å². The van der Waals surface area contributed by atoms with Gasteiger partial charge in [0.2, 0.25) is 0 Å². The topological polar surface area (TPSA) is 35.8 Å². The molecule has 0 aliphatic heterocycles. The number of unbranched alkanes of at least 4 members (excludes halogenated alkanes) is 4. The third-order valence-electron chi connectivity index (χ3n) is 3.67. The van der Waals surface area contributed by atoms with E-state index in [0.717, 1.165) is 11.3 Å². The summed E-state index contributed by atoms with van der Waals surface area (Å²) in [6.07, 6.45) is 10.2. The second-order valence-electron chi connectivity index (χ2n) is 5.53. The first-order chi connectivity index (χ1) is 9.80. The molecular weight excluding hydrogens is 244 g/mol. The van der Waals surface area contributed by atoms with Gasteiger partial charge >= 0.3 is 0 Å². The highest BCUT2D eigenvalue weighted by molar-refractivity contribution is 5.49. The third-order valence-corrected chi connectivity index (χ3v) is 3.67. The van der Waals surface area contributed by atoms with E-state index in [1.165, 1.54) is 51.4 Å². The summed E-state index contributed by atoms with van der Waals surface area (Å²) in [7, 11) is 0. The molecule has 20 heavy (non-hydrogen) atoms. The summed E-state index contributed by atoms with van der Waals surface area (Å²) >= 11 is 0. The van der Waals surface area contributed by atoms with Crippen molar-refractivity contribution in [1.29, 1.82) is 5.26 Å². The van der Waals surface area contributed by atoms with E-state index in [2.05, 4.69) is 31.3 Å². The van der Waals surface area contributed by atoms with Gasteiger partial charge in [-0.3, -0.25) is 0 Å². The zero-order valence-corrected chi connectivity index (χ0v) is 13.0. The smallest absolute Gasteiger partial charge is 0.0992 e. The van der Waals surface area contributed by atoms with Gasteiger partial charge in [-0.2, -0.15) is 5.26 Å². The van der Waals surface area contributed by atoms with Crippen molar-refractivity contribution in [3.8, 4) is 6.07 Å². The molecule has 0 saturated carbocycles. The first-order valence-electron chi connectivity index (χ1n) is 8.06. The van der Waals surface area contributed by atoms with E-state index >= 15 is 0 Å². The molecule has 0 bridgehead atoms. The van der Waals surface area contributed by atoms with Crippen molar-refractivity contribution in [2.24, 2.45) is 0 Å². The molecule has 1 rings (SSSR count). The van der Waals surface area contributed by atoms with E-state index in [1.54, 1.807) is 0 Å². The molecule has 0 fully saturated rings. The molecule has 1 aromatic rings. The number of nitrogens with zero attached hydrogens (tertiary/aromatic N) is 1. The highest BCUT2D eigenvalue weighted by atomic mass is 14.9. The summed E-state index contributed by atoms with van der Waals surface area (Å²) < 4.78 is 0. The molecule has 0 aliphatic rings. The molecule has 1 N–H and O–H groups in total. The highest BCUT2D eigenvalue weighted by Gasteiger charge is 2.08. The van der Waals surface area contributed by atoms with Crippen LogP contribution >= 0.6 is 0 Å². The summed E-state index contributed by atoms with van der Waals surface area (Å²) in [5.74, 6) is 0. The Morgan fingerprint density at radius 3 is 2.25 bits per heavy atom. The molecule has 0 atom stereocenters. The van der Waals surface area contributed by atoms with Crippen molar-refractivity contribution >= 4 is 5.69 Å². The van der Waals surface area contributed by atoms with Crippen molar-refractivity contribution in [2.45, 2.75) is 71.3 Å². The SMILES string of the molecule is CCCCCC(CCCCC)Nc1cccc(C#N)c1. The van der Waals surface area contributed by atoms with Gasteiger partial charge in [-0.25, -0.2) is 0 Å². The van der Waals surface area contributed by atoms with Crippen molar-refractivity contribution in [1.82, 2.24) is 0 Å². The van der Waals surface area contributed by atoms with E-state index in [-0.39, 0.29) is 0 Å². The van der Waals surface area contributed by atoms with Crippen LogP contribution in [-0.4, -0.2) is 6.04 Å². The zero-order chi connectivity index (χ0) is 14.6. The van der Waals surface area contributed by atoms with Gasteiger partial charge in [-0.15, -0.1) is 0 Å². The first kappa shape index (κ1) is 16.6. The predicted molar refractivity (Wildman–Crippen MR) is 86.9 cm³/mol. The molecule has 0 radical (unpaired) electrons. The summed E-state index contributed by atoms with van der Waals surface area (Å²) in [6, 6.07) is 10.6. The summed E-state index contributed by atoms with van der Waals surface area (Å²) in [4.78, 5) is 0. The maximum atomic E-state index is 8.97. The second kappa shape index (κ2) is 10.3. The van der Waals surface area contributed by atoms with Crippen LogP contribution in [0.15, 0.2) is 24.3 Å². The lowest BCUT2D eigenvalue weighted by Crippen LogP contribution is -2.19.